The maximum Gasteiger partial charge on any atom is 0.317 e. The van der Waals surface area contributed by atoms with Crippen LogP contribution in [0.25, 0.3) is 0 Å². The molecule has 1 aromatic rings. The van der Waals surface area contributed by atoms with Crippen molar-refractivity contribution in [2.45, 2.75) is 31.8 Å². The van der Waals surface area contributed by atoms with E-state index in [2.05, 4.69) is 5.32 Å². The number of carbonyl (C=O) groups is 2. The number of nitrogens with zero attached hydrogens (tertiary/aromatic N) is 1. The number of carboxylic acids is 1. The topological polar surface area (TPSA) is 69.6 Å². The van der Waals surface area contributed by atoms with Crippen molar-refractivity contribution < 1.29 is 19.1 Å². The summed E-state index contributed by atoms with van der Waals surface area (Å²) in [6.07, 6.45) is 1.76. The molecule has 0 radical (unpaired) electrons. The molecule has 0 aliphatic heterocycles. The molecule has 0 heterocycles. The van der Waals surface area contributed by atoms with Gasteiger partial charge in [-0.3, -0.25) is 4.79 Å². The minimum atomic E-state index is -0.800. The maximum atomic E-state index is 12.8. The molecule has 6 heteroatoms. The van der Waals surface area contributed by atoms with Gasteiger partial charge in [-0.05, 0) is 37.0 Å². The molecule has 114 valence electrons. The zero-order chi connectivity index (χ0) is 15.4. The summed E-state index contributed by atoms with van der Waals surface area (Å²) in [6, 6.07) is 5.65. The molecule has 2 amide bonds. The van der Waals surface area contributed by atoms with E-state index in [1.54, 1.807) is 19.2 Å². The summed E-state index contributed by atoms with van der Waals surface area (Å²) in [7, 11) is 1.66. The van der Waals surface area contributed by atoms with Crippen LogP contribution in [0.2, 0.25) is 0 Å². The van der Waals surface area contributed by atoms with Crippen LogP contribution < -0.4 is 5.32 Å². The lowest BCUT2D eigenvalue weighted by molar-refractivity contribution is -0.141. The lowest BCUT2D eigenvalue weighted by Crippen LogP contribution is -2.42. The van der Waals surface area contributed by atoms with E-state index in [1.807, 2.05) is 0 Å². The summed E-state index contributed by atoms with van der Waals surface area (Å²) in [5.41, 5.74) is 0.837. The van der Waals surface area contributed by atoms with Gasteiger partial charge < -0.3 is 15.3 Å². The van der Waals surface area contributed by atoms with Gasteiger partial charge in [0.25, 0.3) is 0 Å². The molecular weight excluding hydrogens is 275 g/mol. The number of rotatable bonds is 4. The molecule has 1 fully saturated rings. The summed E-state index contributed by atoms with van der Waals surface area (Å²) < 4.78 is 12.8. The number of hydrogen-bond acceptors (Lipinski definition) is 2. The van der Waals surface area contributed by atoms with Crippen molar-refractivity contribution in [2.75, 3.05) is 7.05 Å². The lowest BCUT2D eigenvalue weighted by atomic mass is 10.1. The molecule has 0 bridgehead atoms. The number of urea groups is 1. The Bertz CT molecular complexity index is 518. The van der Waals surface area contributed by atoms with Crippen molar-refractivity contribution in [1.29, 1.82) is 0 Å². The zero-order valence-corrected chi connectivity index (χ0v) is 11.9. The molecule has 1 aliphatic rings. The molecule has 1 aromatic carbocycles. The standard InChI is InChI=1S/C15H19FN2O3/c1-18(9-10-2-5-12(16)6-3-10)15(21)17-13-7-4-11(8-13)14(19)20/h2-3,5-6,11,13H,4,7-9H2,1H3,(H,17,21)(H,19,20). The third-order valence-electron chi connectivity index (χ3n) is 3.79. The third kappa shape index (κ3) is 4.18. The summed E-state index contributed by atoms with van der Waals surface area (Å²) in [4.78, 5) is 24.4. The van der Waals surface area contributed by atoms with Crippen LogP contribution in [-0.4, -0.2) is 35.1 Å². The monoisotopic (exact) mass is 294 g/mol. The quantitative estimate of drug-likeness (QED) is 0.894. The van der Waals surface area contributed by atoms with E-state index in [9.17, 15) is 14.0 Å². The van der Waals surface area contributed by atoms with Crippen LogP contribution in [0.15, 0.2) is 24.3 Å². The average Bonchev–Trinajstić information content (AvgIpc) is 2.90. The van der Waals surface area contributed by atoms with Gasteiger partial charge in [0.2, 0.25) is 0 Å². The molecule has 21 heavy (non-hydrogen) atoms. The number of nitrogens with one attached hydrogen (secondary N) is 1. The molecule has 5 nitrogen and oxygen atoms in total. The number of carbonyl (C=O) groups excluding carboxylic acids is 1. The van der Waals surface area contributed by atoms with E-state index in [1.165, 1.54) is 17.0 Å². The van der Waals surface area contributed by atoms with E-state index < -0.39 is 5.97 Å². The van der Waals surface area contributed by atoms with E-state index in [-0.39, 0.29) is 23.8 Å². The SMILES string of the molecule is CN(Cc1ccc(F)cc1)C(=O)NC1CCC(C(=O)O)C1. The fraction of sp³-hybridized carbons (Fsp3) is 0.467. The maximum absolute atomic E-state index is 12.8. The van der Waals surface area contributed by atoms with E-state index in [0.29, 0.717) is 25.8 Å². The molecule has 2 N–H and O–H groups in total. The molecule has 0 aromatic heterocycles. The summed E-state index contributed by atoms with van der Waals surface area (Å²) in [5, 5.41) is 11.8. The molecule has 2 rings (SSSR count). The Kier molecular flexibility index (Phi) is 4.77. The number of amides is 2. The van der Waals surface area contributed by atoms with E-state index in [4.69, 9.17) is 5.11 Å². The molecule has 1 aliphatic carbocycles. The minimum Gasteiger partial charge on any atom is -0.481 e. The van der Waals surface area contributed by atoms with Crippen LogP contribution in [0.4, 0.5) is 9.18 Å². The van der Waals surface area contributed by atoms with Crippen molar-refractivity contribution in [3.05, 3.63) is 35.6 Å². The molecule has 2 atom stereocenters. The molecule has 0 saturated heterocycles. The van der Waals surface area contributed by atoms with Crippen LogP contribution in [0.5, 0.6) is 0 Å². The molecule has 0 spiro atoms. The Balaban J connectivity index is 1.83. The van der Waals surface area contributed by atoms with E-state index >= 15 is 0 Å². The second kappa shape index (κ2) is 6.56. The molecule has 2 unspecified atom stereocenters. The molecule has 1 saturated carbocycles. The van der Waals surface area contributed by atoms with Crippen LogP contribution in [0, 0.1) is 11.7 Å². The van der Waals surface area contributed by atoms with Gasteiger partial charge in [0.05, 0.1) is 5.92 Å². The minimum absolute atomic E-state index is 0.0886. The highest BCUT2D eigenvalue weighted by atomic mass is 19.1. The van der Waals surface area contributed by atoms with Gasteiger partial charge in [-0.1, -0.05) is 12.1 Å². The van der Waals surface area contributed by atoms with Gasteiger partial charge in [-0.2, -0.15) is 0 Å². The van der Waals surface area contributed by atoms with Crippen LogP contribution in [0.1, 0.15) is 24.8 Å². The number of aliphatic carboxylic acids is 1. The summed E-state index contributed by atoms with van der Waals surface area (Å²) in [6.45, 7) is 0.376. The first-order valence-corrected chi connectivity index (χ1v) is 6.94. The van der Waals surface area contributed by atoms with E-state index in [0.717, 1.165) is 5.56 Å². The first kappa shape index (κ1) is 15.3. The Morgan fingerprint density at radius 3 is 2.57 bits per heavy atom. The van der Waals surface area contributed by atoms with Crippen molar-refractivity contribution in [3.63, 3.8) is 0 Å². The number of hydrogen-bond donors (Lipinski definition) is 2. The molecular formula is C15H19FN2O3. The summed E-state index contributed by atoms with van der Waals surface area (Å²) in [5.74, 6) is -1.47. The first-order chi connectivity index (χ1) is 9.95. The highest BCUT2D eigenvalue weighted by Gasteiger charge is 2.30. The van der Waals surface area contributed by atoms with Crippen molar-refractivity contribution in [2.24, 2.45) is 5.92 Å². The normalized spacial score (nSPS) is 21.0. The summed E-state index contributed by atoms with van der Waals surface area (Å²) >= 11 is 0. The van der Waals surface area contributed by atoms with Crippen molar-refractivity contribution in [3.8, 4) is 0 Å². The fourth-order valence-corrected chi connectivity index (χ4v) is 2.56. The van der Waals surface area contributed by atoms with Crippen LogP contribution >= 0.6 is 0 Å². The number of benzene rings is 1. The second-order valence-corrected chi connectivity index (χ2v) is 5.48. The predicted molar refractivity (Wildman–Crippen MR) is 75.2 cm³/mol. The highest BCUT2D eigenvalue weighted by molar-refractivity contribution is 5.75. The van der Waals surface area contributed by atoms with Gasteiger partial charge in [0, 0.05) is 19.6 Å². The smallest absolute Gasteiger partial charge is 0.317 e. The van der Waals surface area contributed by atoms with Gasteiger partial charge >= 0.3 is 12.0 Å². The third-order valence-corrected chi connectivity index (χ3v) is 3.79. The number of halogens is 1. The average molecular weight is 294 g/mol. The Morgan fingerprint density at radius 2 is 2.00 bits per heavy atom. The van der Waals surface area contributed by atoms with Crippen molar-refractivity contribution >= 4 is 12.0 Å². The first-order valence-electron chi connectivity index (χ1n) is 6.94. The largest absolute Gasteiger partial charge is 0.481 e. The van der Waals surface area contributed by atoms with Crippen molar-refractivity contribution in [1.82, 2.24) is 10.2 Å². The van der Waals surface area contributed by atoms with Gasteiger partial charge in [0.15, 0.2) is 0 Å². The van der Waals surface area contributed by atoms with Gasteiger partial charge in [0.1, 0.15) is 5.82 Å². The van der Waals surface area contributed by atoms with Crippen LogP contribution in [-0.2, 0) is 11.3 Å². The van der Waals surface area contributed by atoms with Gasteiger partial charge in [-0.25, -0.2) is 9.18 Å². The predicted octanol–water partition coefficient (Wildman–Crippen LogP) is 2.22. The van der Waals surface area contributed by atoms with Gasteiger partial charge in [-0.15, -0.1) is 0 Å². The zero-order valence-electron chi connectivity index (χ0n) is 11.9. The highest BCUT2D eigenvalue weighted by Crippen LogP contribution is 2.25. The Hall–Kier alpha value is -2.11. The van der Waals surface area contributed by atoms with Crippen LogP contribution in [0.3, 0.4) is 0 Å². The Labute approximate surface area is 122 Å². The fourth-order valence-electron chi connectivity index (χ4n) is 2.56. The number of carboxylic acid groups (broad SMARTS) is 1. The lowest BCUT2D eigenvalue weighted by Gasteiger charge is -2.21. The Morgan fingerprint density at radius 1 is 1.33 bits per heavy atom. The second-order valence-electron chi connectivity index (χ2n) is 5.48.